The molecular weight excluding hydrogens is 254 g/mol. The summed E-state index contributed by atoms with van der Waals surface area (Å²) in [7, 11) is -3.57. The molecule has 7 heteroatoms. The Morgan fingerprint density at radius 3 is 2.67 bits per heavy atom. The van der Waals surface area contributed by atoms with Gasteiger partial charge in [0.05, 0.1) is 0 Å². The fraction of sp³-hybridized carbons (Fsp3) is 0.727. The summed E-state index contributed by atoms with van der Waals surface area (Å²) in [6.07, 6.45) is 3.28. The van der Waals surface area contributed by atoms with Gasteiger partial charge in [0.1, 0.15) is 5.82 Å². The van der Waals surface area contributed by atoms with E-state index < -0.39 is 10.0 Å². The average Bonchev–Trinajstić information content (AvgIpc) is 3.03. The van der Waals surface area contributed by atoms with Crippen molar-refractivity contribution < 1.29 is 13.5 Å². The zero-order valence-electron chi connectivity index (χ0n) is 10.7. The zero-order valence-corrected chi connectivity index (χ0v) is 11.5. The monoisotopic (exact) mass is 273 g/mol. The number of sulfonamides is 1. The minimum atomic E-state index is -3.57. The maximum atomic E-state index is 12.0. The highest BCUT2D eigenvalue weighted by Crippen LogP contribution is 2.44. The molecule has 0 atom stereocenters. The Hall–Kier alpha value is -0.920. The number of aryl methyl sites for hydroxylation is 2. The van der Waals surface area contributed by atoms with E-state index in [1.807, 2.05) is 6.92 Å². The Kier molecular flexibility index (Phi) is 3.48. The van der Waals surface area contributed by atoms with Crippen LogP contribution in [0.1, 0.15) is 25.6 Å². The number of imidazole rings is 1. The van der Waals surface area contributed by atoms with Crippen molar-refractivity contribution in [3.05, 3.63) is 12.0 Å². The van der Waals surface area contributed by atoms with E-state index in [0.29, 0.717) is 12.4 Å². The summed E-state index contributed by atoms with van der Waals surface area (Å²) in [5.41, 5.74) is -0.241. The molecule has 0 amide bonds. The molecule has 1 fully saturated rings. The Labute approximate surface area is 107 Å². The highest BCUT2D eigenvalue weighted by Gasteiger charge is 2.42. The standard InChI is InChI=1S/C11H19N3O3S/c1-3-14-6-10(13-9(14)2)18(16,17)12-7-11(8-15)4-5-11/h6,12,15H,3-5,7-8H2,1-2H3. The van der Waals surface area contributed by atoms with Crippen molar-refractivity contribution in [3.63, 3.8) is 0 Å². The molecule has 2 rings (SSSR count). The molecule has 102 valence electrons. The Morgan fingerprint density at radius 2 is 2.22 bits per heavy atom. The third-order valence-corrected chi connectivity index (χ3v) is 4.77. The lowest BCUT2D eigenvalue weighted by Gasteiger charge is -2.11. The molecule has 0 aliphatic heterocycles. The number of nitrogens with zero attached hydrogens (tertiary/aromatic N) is 2. The molecule has 6 nitrogen and oxygen atoms in total. The predicted octanol–water partition coefficient (Wildman–Crippen LogP) is 0.262. The zero-order chi connectivity index (χ0) is 13.4. The topological polar surface area (TPSA) is 84.2 Å². The highest BCUT2D eigenvalue weighted by atomic mass is 32.2. The summed E-state index contributed by atoms with van der Waals surface area (Å²) in [5.74, 6) is 0.682. The molecule has 0 aromatic carbocycles. The van der Waals surface area contributed by atoms with E-state index in [0.717, 1.165) is 12.8 Å². The van der Waals surface area contributed by atoms with Crippen molar-refractivity contribution in [3.8, 4) is 0 Å². The molecule has 1 aromatic rings. The first kappa shape index (κ1) is 13.5. The lowest BCUT2D eigenvalue weighted by molar-refractivity contribution is 0.213. The van der Waals surface area contributed by atoms with Gasteiger partial charge in [0.25, 0.3) is 10.0 Å². The van der Waals surface area contributed by atoms with Crippen LogP contribution < -0.4 is 4.72 Å². The van der Waals surface area contributed by atoms with Gasteiger partial charge in [-0.05, 0) is 26.7 Å². The molecule has 1 heterocycles. The number of aliphatic hydroxyl groups is 1. The lowest BCUT2D eigenvalue weighted by atomic mass is 10.1. The van der Waals surface area contributed by atoms with Gasteiger partial charge in [-0.3, -0.25) is 0 Å². The lowest BCUT2D eigenvalue weighted by Crippen LogP contribution is -2.32. The fourth-order valence-electron chi connectivity index (χ4n) is 1.82. The molecule has 1 aliphatic carbocycles. The van der Waals surface area contributed by atoms with Crippen LogP contribution in [0.15, 0.2) is 11.2 Å². The molecule has 18 heavy (non-hydrogen) atoms. The number of aromatic nitrogens is 2. The quantitative estimate of drug-likeness (QED) is 0.779. The second-order valence-electron chi connectivity index (χ2n) is 4.90. The second kappa shape index (κ2) is 4.64. The largest absolute Gasteiger partial charge is 0.396 e. The average molecular weight is 273 g/mol. The van der Waals surface area contributed by atoms with Gasteiger partial charge in [0, 0.05) is 31.3 Å². The van der Waals surface area contributed by atoms with E-state index in [9.17, 15) is 8.42 Å². The number of aliphatic hydroxyl groups excluding tert-OH is 1. The molecule has 0 unspecified atom stereocenters. The van der Waals surface area contributed by atoms with Gasteiger partial charge < -0.3 is 9.67 Å². The van der Waals surface area contributed by atoms with Crippen LogP contribution in [0.2, 0.25) is 0 Å². The maximum absolute atomic E-state index is 12.0. The normalized spacial score (nSPS) is 17.9. The van der Waals surface area contributed by atoms with Crippen LogP contribution in [0.5, 0.6) is 0 Å². The third-order valence-electron chi connectivity index (χ3n) is 3.50. The summed E-state index contributed by atoms with van der Waals surface area (Å²) >= 11 is 0. The molecule has 0 saturated heterocycles. The van der Waals surface area contributed by atoms with Gasteiger partial charge in [0.15, 0.2) is 5.03 Å². The van der Waals surface area contributed by atoms with Gasteiger partial charge in [0.2, 0.25) is 0 Å². The Morgan fingerprint density at radius 1 is 1.56 bits per heavy atom. The molecule has 1 aliphatic rings. The third kappa shape index (κ3) is 2.57. The van der Waals surface area contributed by atoms with Crippen molar-refractivity contribution in [2.75, 3.05) is 13.2 Å². The van der Waals surface area contributed by atoms with Crippen LogP contribution in [0.4, 0.5) is 0 Å². The van der Waals surface area contributed by atoms with Crippen LogP contribution in [0, 0.1) is 12.3 Å². The van der Waals surface area contributed by atoms with Crippen LogP contribution >= 0.6 is 0 Å². The van der Waals surface area contributed by atoms with Gasteiger partial charge in [-0.25, -0.2) is 18.1 Å². The molecule has 0 spiro atoms. The first-order valence-corrected chi connectivity index (χ1v) is 7.55. The van der Waals surface area contributed by atoms with E-state index in [4.69, 9.17) is 5.11 Å². The van der Waals surface area contributed by atoms with Crippen LogP contribution in [-0.2, 0) is 16.6 Å². The number of hydrogen-bond donors (Lipinski definition) is 2. The van der Waals surface area contributed by atoms with E-state index in [1.54, 1.807) is 11.5 Å². The molecular formula is C11H19N3O3S. The minimum absolute atomic E-state index is 0.0257. The molecule has 1 aromatic heterocycles. The number of nitrogens with one attached hydrogen (secondary N) is 1. The van der Waals surface area contributed by atoms with E-state index >= 15 is 0 Å². The van der Waals surface area contributed by atoms with Crippen molar-refractivity contribution in [2.24, 2.45) is 5.41 Å². The molecule has 0 bridgehead atoms. The summed E-state index contributed by atoms with van der Waals surface area (Å²) < 4.78 is 28.4. The first-order valence-electron chi connectivity index (χ1n) is 6.07. The second-order valence-corrected chi connectivity index (χ2v) is 6.61. The minimum Gasteiger partial charge on any atom is -0.396 e. The van der Waals surface area contributed by atoms with Crippen LogP contribution in [-0.4, -0.2) is 36.2 Å². The number of hydrogen-bond acceptors (Lipinski definition) is 4. The van der Waals surface area contributed by atoms with E-state index in [1.165, 1.54) is 6.20 Å². The van der Waals surface area contributed by atoms with Gasteiger partial charge in [-0.15, -0.1) is 0 Å². The first-order chi connectivity index (χ1) is 8.42. The van der Waals surface area contributed by atoms with Crippen LogP contribution in [0.3, 0.4) is 0 Å². The number of rotatable bonds is 6. The van der Waals surface area contributed by atoms with Crippen LogP contribution in [0.25, 0.3) is 0 Å². The molecule has 1 saturated carbocycles. The van der Waals surface area contributed by atoms with Gasteiger partial charge in [-0.1, -0.05) is 0 Å². The van der Waals surface area contributed by atoms with E-state index in [2.05, 4.69) is 9.71 Å². The summed E-state index contributed by atoms with van der Waals surface area (Å²) in [4.78, 5) is 4.05. The predicted molar refractivity (Wildman–Crippen MR) is 66.6 cm³/mol. The summed E-state index contributed by atoms with van der Waals surface area (Å²) in [6, 6.07) is 0. The summed E-state index contributed by atoms with van der Waals surface area (Å²) in [5, 5.41) is 9.21. The molecule has 2 N–H and O–H groups in total. The van der Waals surface area contributed by atoms with Gasteiger partial charge >= 0.3 is 0 Å². The molecule has 0 radical (unpaired) electrons. The SMILES string of the molecule is CCn1cc(S(=O)(=O)NCC2(CO)CC2)nc1C. The van der Waals surface area contributed by atoms with Crippen molar-refractivity contribution >= 4 is 10.0 Å². The Bertz CT molecular complexity index is 532. The highest BCUT2D eigenvalue weighted by molar-refractivity contribution is 7.89. The fourth-order valence-corrected chi connectivity index (χ4v) is 2.98. The van der Waals surface area contributed by atoms with E-state index in [-0.39, 0.29) is 23.6 Å². The van der Waals surface area contributed by atoms with Crippen molar-refractivity contribution in [2.45, 2.75) is 38.3 Å². The van der Waals surface area contributed by atoms with Crippen molar-refractivity contribution in [1.82, 2.24) is 14.3 Å². The maximum Gasteiger partial charge on any atom is 0.259 e. The smallest absolute Gasteiger partial charge is 0.259 e. The Balaban J connectivity index is 2.10. The summed E-state index contributed by atoms with van der Waals surface area (Å²) in [6.45, 7) is 4.71. The van der Waals surface area contributed by atoms with Gasteiger partial charge in [-0.2, -0.15) is 0 Å². The van der Waals surface area contributed by atoms with Crippen molar-refractivity contribution in [1.29, 1.82) is 0 Å².